The standard InChI is InChI=1S/C16H23NOS/c1-16(2)14(13-5-4-10-18-15(13)16)17-11-6-8-12(19-3)9-7-11/h6-9,13-15,17H,4-5,10H2,1-3H3. The summed E-state index contributed by atoms with van der Waals surface area (Å²) in [5.41, 5.74) is 1.48. The van der Waals surface area contributed by atoms with Crippen LogP contribution in [0.3, 0.4) is 0 Å². The van der Waals surface area contributed by atoms with E-state index in [9.17, 15) is 0 Å². The molecule has 19 heavy (non-hydrogen) atoms. The van der Waals surface area contributed by atoms with Gasteiger partial charge in [0.15, 0.2) is 0 Å². The van der Waals surface area contributed by atoms with E-state index in [1.54, 1.807) is 11.8 Å². The highest BCUT2D eigenvalue weighted by atomic mass is 32.2. The Kier molecular flexibility index (Phi) is 3.52. The molecule has 3 rings (SSSR count). The van der Waals surface area contributed by atoms with Gasteiger partial charge < -0.3 is 10.1 Å². The maximum Gasteiger partial charge on any atom is 0.0693 e. The Morgan fingerprint density at radius 2 is 2.00 bits per heavy atom. The predicted molar refractivity (Wildman–Crippen MR) is 81.9 cm³/mol. The second-order valence-electron chi connectivity index (χ2n) is 6.27. The van der Waals surface area contributed by atoms with Gasteiger partial charge in [-0.1, -0.05) is 13.8 Å². The van der Waals surface area contributed by atoms with Crippen molar-refractivity contribution in [3.63, 3.8) is 0 Å². The Bertz CT molecular complexity index is 443. The number of fused-ring (bicyclic) bond motifs is 1. The van der Waals surface area contributed by atoms with Gasteiger partial charge in [0.1, 0.15) is 0 Å². The fourth-order valence-corrected chi connectivity index (χ4v) is 4.09. The fraction of sp³-hybridized carbons (Fsp3) is 0.625. The van der Waals surface area contributed by atoms with Crippen molar-refractivity contribution in [1.82, 2.24) is 0 Å². The molecule has 2 aliphatic rings. The van der Waals surface area contributed by atoms with Crippen molar-refractivity contribution in [2.75, 3.05) is 18.2 Å². The van der Waals surface area contributed by atoms with E-state index < -0.39 is 0 Å². The highest BCUT2D eigenvalue weighted by molar-refractivity contribution is 7.98. The fourth-order valence-electron chi connectivity index (χ4n) is 3.68. The van der Waals surface area contributed by atoms with Crippen LogP contribution in [-0.2, 0) is 4.74 Å². The Hall–Kier alpha value is -0.670. The third-order valence-corrected chi connectivity index (χ3v) is 5.49. The lowest BCUT2D eigenvalue weighted by atomic mass is 9.55. The van der Waals surface area contributed by atoms with Gasteiger partial charge in [0.05, 0.1) is 6.10 Å². The van der Waals surface area contributed by atoms with E-state index >= 15 is 0 Å². The van der Waals surface area contributed by atoms with Gasteiger partial charge in [-0.3, -0.25) is 0 Å². The molecule has 1 aliphatic heterocycles. The molecule has 0 bridgehead atoms. The number of thioether (sulfide) groups is 1. The van der Waals surface area contributed by atoms with Gasteiger partial charge in [0, 0.05) is 34.6 Å². The Balaban J connectivity index is 1.71. The van der Waals surface area contributed by atoms with Crippen molar-refractivity contribution in [2.24, 2.45) is 11.3 Å². The van der Waals surface area contributed by atoms with E-state index in [-0.39, 0.29) is 5.41 Å². The number of rotatable bonds is 3. The zero-order valence-corrected chi connectivity index (χ0v) is 12.8. The molecule has 1 aliphatic carbocycles. The van der Waals surface area contributed by atoms with E-state index in [0.717, 1.165) is 6.61 Å². The summed E-state index contributed by atoms with van der Waals surface area (Å²) in [6.45, 7) is 5.60. The summed E-state index contributed by atoms with van der Waals surface area (Å²) in [5.74, 6) is 0.684. The summed E-state index contributed by atoms with van der Waals surface area (Å²) >= 11 is 1.79. The van der Waals surface area contributed by atoms with E-state index in [0.29, 0.717) is 18.1 Å². The molecule has 0 amide bonds. The average Bonchev–Trinajstić information content (AvgIpc) is 2.45. The van der Waals surface area contributed by atoms with Gasteiger partial charge in [-0.25, -0.2) is 0 Å². The SMILES string of the molecule is CSc1ccc(NC2C3CCCOC3C2(C)C)cc1. The Morgan fingerprint density at radius 1 is 1.26 bits per heavy atom. The van der Waals surface area contributed by atoms with Crippen LogP contribution in [0.2, 0.25) is 0 Å². The molecule has 3 atom stereocenters. The van der Waals surface area contributed by atoms with Gasteiger partial charge in [0.2, 0.25) is 0 Å². The molecule has 1 N–H and O–H groups in total. The molecule has 3 heteroatoms. The Morgan fingerprint density at radius 3 is 2.68 bits per heavy atom. The molecule has 0 aromatic heterocycles. The lowest BCUT2D eigenvalue weighted by Crippen LogP contribution is -2.67. The van der Waals surface area contributed by atoms with E-state index in [4.69, 9.17) is 4.74 Å². The largest absolute Gasteiger partial charge is 0.381 e. The minimum atomic E-state index is 0.239. The number of hydrogen-bond donors (Lipinski definition) is 1. The third-order valence-electron chi connectivity index (χ3n) is 4.74. The third kappa shape index (κ3) is 2.27. The van der Waals surface area contributed by atoms with Crippen LogP contribution in [0.25, 0.3) is 0 Å². The number of ether oxygens (including phenoxy) is 1. The van der Waals surface area contributed by atoms with Gasteiger partial charge in [-0.2, -0.15) is 0 Å². The molecule has 1 heterocycles. The second kappa shape index (κ2) is 5.02. The smallest absolute Gasteiger partial charge is 0.0693 e. The first-order chi connectivity index (χ1) is 9.13. The normalized spacial score (nSPS) is 32.3. The van der Waals surface area contributed by atoms with Crippen molar-refractivity contribution in [3.8, 4) is 0 Å². The van der Waals surface area contributed by atoms with Crippen molar-refractivity contribution in [1.29, 1.82) is 0 Å². The topological polar surface area (TPSA) is 21.3 Å². The van der Waals surface area contributed by atoms with Gasteiger partial charge in [0.25, 0.3) is 0 Å². The van der Waals surface area contributed by atoms with E-state index in [1.165, 1.54) is 23.4 Å². The number of nitrogens with one attached hydrogen (secondary N) is 1. The van der Waals surface area contributed by atoms with E-state index in [1.807, 2.05) is 0 Å². The molecule has 0 spiro atoms. The van der Waals surface area contributed by atoms with Crippen molar-refractivity contribution in [3.05, 3.63) is 24.3 Å². The molecule has 3 unspecified atom stereocenters. The van der Waals surface area contributed by atoms with Crippen LogP contribution in [0.5, 0.6) is 0 Å². The predicted octanol–water partition coefficient (Wildman–Crippen LogP) is 4.02. The van der Waals surface area contributed by atoms with Gasteiger partial charge >= 0.3 is 0 Å². The summed E-state index contributed by atoms with van der Waals surface area (Å²) < 4.78 is 5.95. The molecular weight excluding hydrogens is 254 g/mol. The summed E-state index contributed by atoms with van der Waals surface area (Å²) in [5, 5.41) is 3.73. The zero-order valence-electron chi connectivity index (χ0n) is 12.0. The summed E-state index contributed by atoms with van der Waals surface area (Å²) in [4.78, 5) is 1.32. The summed E-state index contributed by atoms with van der Waals surface area (Å²) in [6, 6.07) is 9.30. The van der Waals surface area contributed by atoms with Crippen LogP contribution in [0.4, 0.5) is 5.69 Å². The van der Waals surface area contributed by atoms with Crippen LogP contribution in [-0.4, -0.2) is 25.0 Å². The van der Waals surface area contributed by atoms with Crippen LogP contribution < -0.4 is 5.32 Å². The quantitative estimate of drug-likeness (QED) is 0.843. The first-order valence-electron chi connectivity index (χ1n) is 7.15. The van der Waals surface area contributed by atoms with Gasteiger partial charge in [-0.15, -0.1) is 11.8 Å². The molecule has 1 aromatic carbocycles. The highest BCUT2D eigenvalue weighted by Gasteiger charge is 2.57. The number of benzene rings is 1. The minimum Gasteiger partial charge on any atom is -0.381 e. The number of hydrogen-bond acceptors (Lipinski definition) is 3. The first kappa shape index (κ1) is 13.3. The first-order valence-corrected chi connectivity index (χ1v) is 8.37. The molecule has 1 saturated carbocycles. The van der Waals surface area contributed by atoms with Crippen LogP contribution in [0.1, 0.15) is 26.7 Å². The van der Waals surface area contributed by atoms with Crippen LogP contribution in [0, 0.1) is 11.3 Å². The van der Waals surface area contributed by atoms with Crippen LogP contribution >= 0.6 is 11.8 Å². The monoisotopic (exact) mass is 277 g/mol. The maximum absolute atomic E-state index is 5.95. The number of anilines is 1. The maximum atomic E-state index is 5.95. The van der Waals surface area contributed by atoms with Crippen molar-refractivity contribution < 1.29 is 4.74 Å². The molecule has 1 aromatic rings. The van der Waals surface area contributed by atoms with Gasteiger partial charge in [-0.05, 0) is 43.4 Å². The van der Waals surface area contributed by atoms with Crippen LogP contribution in [0.15, 0.2) is 29.2 Å². The highest BCUT2D eigenvalue weighted by Crippen LogP contribution is 2.52. The molecule has 2 nitrogen and oxygen atoms in total. The van der Waals surface area contributed by atoms with Crippen molar-refractivity contribution in [2.45, 2.75) is 43.7 Å². The second-order valence-corrected chi connectivity index (χ2v) is 7.15. The summed E-state index contributed by atoms with van der Waals surface area (Å²) in [7, 11) is 0. The Labute approximate surface area is 120 Å². The van der Waals surface area contributed by atoms with E-state index in [2.05, 4.69) is 49.7 Å². The average molecular weight is 277 g/mol. The summed E-state index contributed by atoms with van der Waals surface area (Å²) in [6.07, 6.45) is 5.07. The lowest BCUT2D eigenvalue weighted by Gasteiger charge is -2.60. The molecule has 1 saturated heterocycles. The minimum absolute atomic E-state index is 0.239. The van der Waals surface area contributed by atoms with Crippen molar-refractivity contribution >= 4 is 17.4 Å². The molecular formula is C16H23NOS. The molecule has 2 fully saturated rings. The zero-order chi connectivity index (χ0) is 13.5. The lowest BCUT2D eigenvalue weighted by molar-refractivity contribution is -0.177. The molecule has 104 valence electrons. The molecule has 0 radical (unpaired) electrons.